The summed E-state index contributed by atoms with van der Waals surface area (Å²) in [5, 5.41) is 7.20. The molecule has 54 heavy (non-hydrogen) atoms. The van der Waals surface area contributed by atoms with Crippen LogP contribution < -0.4 is 14.5 Å². The molecule has 254 valence electrons. The molecular weight excluding hydrogens is 663 g/mol. The van der Waals surface area contributed by atoms with Gasteiger partial charge in [-0.2, -0.15) is 0 Å². The molecule has 5 heterocycles. The number of para-hydroxylation sites is 6. The van der Waals surface area contributed by atoms with Gasteiger partial charge in [0, 0.05) is 62.0 Å². The van der Waals surface area contributed by atoms with Gasteiger partial charge in [0.2, 0.25) is 0 Å². The van der Waals surface area contributed by atoms with Gasteiger partial charge in [-0.25, -0.2) is 4.98 Å². The lowest BCUT2D eigenvalue weighted by molar-refractivity contribution is 0.483. The summed E-state index contributed by atoms with van der Waals surface area (Å²) >= 11 is 0. The fraction of sp³-hybridized carbons (Fsp3) is 0.0208. The third-order valence-electron chi connectivity index (χ3n) is 11.1. The van der Waals surface area contributed by atoms with Crippen LogP contribution in [0.2, 0.25) is 0 Å². The molecule has 0 atom stereocenters. The molecule has 11 aromatic rings. The maximum absolute atomic E-state index is 6.74. The van der Waals surface area contributed by atoms with Crippen LogP contribution in [0.15, 0.2) is 176 Å². The number of pyridine rings is 1. The Labute approximate surface area is 309 Å². The highest BCUT2D eigenvalue weighted by Crippen LogP contribution is 2.45. The van der Waals surface area contributed by atoms with Crippen LogP contribution in [0.4, 0.5) is 22.7 Å². The van der Waals surface area contributed by atoms with Crippen molar-refractivity contribution in [2.45, 2.75) is 0 Å². The molecule has 0 saturated heterocycles. The van der Waals surface area contributed by atoms with E-state index < -0.39 is 0 Å². The SMILES string of the molecule is c1ccc(N2CN(c3cccc(Oc4ccc5c6cccc7c8cccc9c%10ccccc%10n(c%10cccnc%10n(c5c4)c67)c98)c3)c3ccccc32)cc1. The van der Waals surface area contributed by atoms with Crippen molar-refractivity contribution in [2.75, 3.05) is 16.5 Å². The highest BCUT2D eigenvalue weighted by molar-refractivity contribution is 6.25. The Bertz CT molecular complexity index is 3310. The third-order valence-corrected chi connectivity index (χ3v) is 11.1. The maximum atomic E-state index is 6.74. The summed E-state index contributed by atoms with van der Waals surface area (Å²) in [6.07, 6.45) is 1.90. The molecule has 7 aromatic carbocycles. The summed E-state index contributed by atoms with van der Waals surface area (Å²) in [5.41, 5.74) is 11.1. The van der Waals surface area contributed by atoms with E-state index >= 15 is 0 Å². The smallest absolute Gasteiger partial charge is 0.162 e. The summed E-state index contributed by atoms with van der Waals surface area (Å²) in [4.78, 5) is 9.82. The monoisotopic (exact) mass is 693 g/mol. The van der Waals surface area contributed by atoms with Gasteiger partial charge >= 0.3 is 0 Å². The van der Waals surface area contributed by atoms with Crippen LogP contribution in [0, 0.1) is 0 Å². The predicted octanol–water partition coefficient (Wildman–Crippen LogP) is 12.4. The van der Waals surface area contributed by atoms with Crippen LogP contribution in [0.25, 0.3) is 65.5 Å². The molecule has 12 rings (SSSR count). The lowest BCUT2D eigenvalue weighted by Crippen LogP contribution is -2.23. The number of hydrogen-bond donors (Lipinski definition) is 0. The molecular formula is C48H31N5O. The lowest BCUT2D eigenvalue weighted by atomic mass is 10.0. The zero-order valence-corrected chi connectivity index (χ0v) is 29.1. The first kappa shape index (κ1) is 29.3. The summed E-state index contributed by atoms with van der Waals surface area (Å²) in [7, 11) is 0. The van der Waals surface area contributed by atoms with Crippen LogP contribution in [-0.2, 0) is 0 Å². The Balaban J connectivity index is 1.05. The molecule has 0 saturated carbocycles. The number of aromatic nitrogens is 3. The molecule has 0 radical (unpaired) electrons. The minimum absolute atomic E-state index is 0.708. The molecule has 0 amide bonds. The molecule has 0 bridgehead atoms. The maximum Gasteiger partial charge on any atom is 0.162 e. The minimum Gasteiger partial charge on any atom is -0.457 e. The summed E-state index contributed by atoms with van der Waals surface area (Å²) in [6.45, 7) is 0.708. The van der Waals surface area contributed by atoms with E-state index in [1.807, 2.05) is 18.3 Å². The van der Waals surface area contributed by atoms with Crippen molar-refractivity contribution in [3.05, 3.63) is 176 Å². The highest BCUT2D eigenvalue weighted by atomic mass is 16.5. The zero-order valence-electron chi connectivity index (χ0n) is 29.1. The normalized spacial score (nSPS) is 13.0. The van der Waals surface area contributed by atoms with Crippen LogP contribution >= 0.6 is 0 Å². The third kappa shape index (κ3) is 4.07. The van der Waals surface area contributed by atoms with E-state index in [0.717, 1.165) is 50.3 Å². The van der Waals surface area contributed by atoms with Gasteiger partial charge in [0.25, 0.3) is 0 Å². The molecule has 1 aliphatic rings. The molecule has 6 heteroatoms. The minimum atomic E-state index is 0.708. The average molecular weight is 694 g/mol. The fourth-order valence-corrected chi connectivity index (χ4v) is 8.88. The number of nitrogens with zero attached hydrogens (tertiary/aromatic N) is 5. The van der Waals surface area contributed by atoms with Crippen LogP contribution in [-0.4, -0.2) is 20.5 Å². The number of ether oxygens (including phenoxy) is 1. The number of hydrogen-bond acceptors (Lipinski definition) is 4. The van der Waals surface area contributed by atoms with E-state index in [2.05, 4.69) is 176 Å². The molecule has 0 spiro atoms. The van der Waals surface area contributed by atoms with Gasteiger partial charge in [0.1, 0.15) is 18.2 Å². The Hall–Kier alpha value is -7.31. The fourth-order valence-electron chi connectivity index (χ4n) is 8.88. The van der Waals surface area contributed by atoms with E-state index in [9.17, 15) is 0 Å². The van der Waals surface area contributed by atoms with E-state index in [4.69, 9.17) is 9.72 Å². The number of fused-ring (bicyclic) bond motifs is 11. The number of rotatable bonds is 4. The Morgan fingerprint density at radius 1 is 0.407 bits per heavy atom. The van der Waals surface area contributed by atoms with Gasteiger partial charge in [-0.3, -0.25) is 4.40 Å². The zero-order chi connectivity index (χ0) is 35.3. The van der Waals surface area contributed by atoms with Crippen molar-refractivity contribution in [1.29, 1.82) is 0 Å². The second-order valence-electron chi connectivity index (χ2n) is 14.0. The first-order valence-corrected chi connectivity index (χ1v) is 18.3. The largest absolute Gasteiger partial charge is 0.457 e. The Morgan fingerprint density at radius 2 is 0.981 bits per heavy atom. The lowest BCUT2D eigenvalue weighted by Gasteiger charge is -2.22. The van der Waals surface area contributed by atoms with Gasteiger partial charge < -0.3 is 18.9 Å². The van der Waals surface area contributed by atoms with Crippen molar-refractivity contribution >= 4 is 88.3 Å². The molecule has 0 aliphatic carbocycles. The summed E-state index contributed by atoms with van der Waals surface area (Å²) in [5.74, 6) is 1.54. The van der Waals surface area contributed by atoms with Crippen molar-refractivity contribution < 1.29 is 4.74 Å². The topological polar surface area (TPSA) is 37.4 Å². The van der Waals surface area contributed by atoms with Crippen LogP contribution in [0.1, 0.15) is 0 Å². The van der Waals surface area contributed by atoms with Gasteiger partial charge in [-0.05, 0) is 66.7 Å². The quantitative estimate of drug-likeness (QED) is 0.184. The molecule has 6 nitrogen and oxygen atoms in total. The molecule has 0 fully saturated rings. The van der Waals surface area contributed by atoms with Gasteiger partial charge in [0.15, 0.2) is 5.65 Å². The van der Waals surface area contributed by atoms with Crippen LogP contribution in [0.5, 0.6) is 11.5 Å². The molecule has 4 aromatic heterocycles. The summed E-state index contributed by atoms with van der Waals surface area (Å²) in [6, 6.07) is 60.3. The van der Waals surface area contributed by atoms with Crippen molar-refractivity contribution in [3.63, 3.8) is 0 Å². The van der Waals surface area contributed by atoms with Gasteiger partial charge in [0.05, 0.1) is 39.0 Å². The van der Waals surface area contributed by atoms with Crippen molar-refractivity contribution in [2.24, 2.45) is 0 Å². The first-order chi connectivity index (χ1) is 26.8. The molecule has 0 N–H and O–H groups in total. The summed E-state index contributed by atoms with van der Waals surface area (Å²) < 4.78 is 11.5. The predicted molar refractivity (Wildman–Crippen MR) is 222 cm³/mol. The van der Waals surface area contributed by atoms with Crippen molar-refractivity contribution in [1.82, 2.24) is 13.8 Å². The van der Waals surface area contributed by atoms with E-state index in [-0.39, 0.29) is 0 Å². The average Bonchev–Trinajstić information content (AvgIpc) is 3.89. The number of benzene rings is 7. The van der Waals surface area contributed by atoms with E-state index in [1.165, 1.54) is 49.5 Å². The molecule has 1 aliphatic heterocycles. The van der Waals surface area contributed by atoms with Crippen LogP contribution in [0.3, 0.4) is 0 Å². The van der Waals surface area contributed by atoms with Gasteiger partial charge in [-0.1, -0.05) is 91.0 Å². The first-order valence-electron chi connectivity index (χ1n) is 18.3. The van der Waals surface area contributed by atoms with E-state index in [1.54, 1.807) is 0 Å². The second-order valence-corrected chi connectivity index (χ2v) is 14.0. The molecule has 0 unspecified atom stereocenters. The number of anilines is 4. The van der Waals surface area contributed by atoms with Gasteiger partial charge in [-0.15, -0.1) is 0 Å². The van der Waals surface area contributed by atoms with E-state index in [0.29, 0.717) is 6.67 Å². The van der Waals surface area contributed by atoms with Crippen molar-refractivity contribution in [3.8, 4) is 11.5 Å². The Morgan fingerprint density at radius 3 is 1.78 bits per heavy atom. The highest BCUT2D eigenvalue weighted by Gasteiger charge is 2.28. The Kier molecular flexibility index (Phi) is 6.02. The second kappa shape index (κ2) is 11.1. The standard InChI is InChI=1S/C48H31N5O/c1-2-12-31(13-3-1)50-30-51(43-23-7-6-22-42(43)50)32-14-8-15-33(28-32)54-34-25-26-36-38-18-10-20-40-39-19-9-17-37-35-16-4-5-21-41(35)52(46(37)39)44-24-11-27-49-48(44)53(47(38)40)45(36)29-34/h1-29H,30H2.